The molecule has 8 nitrogen and oxygen atoms in total. The monoisotopic (exact) mass is 386 g/mol. The largest absolute Gasteiger partial charge is 0.624 e. The predicted octanol–water partition coefficient (Wildman–Crippen LogP) is 0.896. The van der Waals surface area contributed by atoms with Gasteiger partial charge in [0.25, 0.3) is 5.91 Å². The average Bonchev–Trinajstić information content (AvgIpc) is 2.94. The maximum Gasteiger partial charge on any atom is 0.347 e. The number of imide groups is 1. The number of piperidine rings is 2. The van der Waals surface area contributed by atoms with Gasteiger partial charge in [0.1, 0.15) is 6.54 Å². The van der Waals surface area contributed by atoms with Crippen molar-refractivity contribution in [3.8, 4) is 0 Å². The standard InChI is InChI=1S/C20H26N4O4/c1-21-11-13-7-9-23(10-8-13)16-4-2-3-14-15(16)12-24(28,20(14)27)17-5-6-18(25)22-19(17)26/h2-4,13,17,21H,5-12H2,1H3,(H,22,25,26). The van der Waals surface area contributed by atoms with Crippen LogP contribution in [-0.4, -0.2) is 55.1 Å². The van der Waals surface area contributed by atoms with Gasteiger partial charge in [-0.25, -0.2) is 4.79 Å². The SMILES string of the molecule is CNCC1CCN(c2cccc3c2C[N+]([O-])(C2CCC(=O)NC2=O)C3=O)CC1. The Balaban J connectivity index is 1.59. The van der Waals surface area contributed by atoms with Crippen LogP contribution in [0, 0.1) is 11.1 Å². The molecule has 0 saturated carbocycles. The maximum atomic E-state index is 13.5. The van der Waals surface area contributed by atoms with Crippen molar-refractivity contribution < 1.29 is 19.0 Å². The minimum absolute atomic E-state index is 0.0486. The lowest BCUT2D eigenvalue weighted by Gasteiger charge is -2.42. The van der Waals surface area contributed by atoms with E-state index in [0.717, 1.165) is 43.7 Å². The van der Waals surface area contributed by atoms with E-state index < -0.39 is 22.5 Å². The molecular formula is C20H26N4O4. The predicted molar refractivity (Wildman–Crippen MR) is 103 cm³/mol. The van der Waals surface area contributed by atoms with Gasteiger partial charge in [-0.2, -0.15) is 0 Å². The second-order valence-corrected chi connectivity index (χ2v) is 8.02. The van der Waals surface area contributed by atoms with Crippen LogP contribution in [0.2, 0.25) is 0 Å². The molecule has 0 bridgehead atoms. The van der Waals surface area contributed by atoms with Gasteiger partial charge in [-0.05, 0) is 44.5 Å². The average molecular weight is 386 g/mol. The lowest BCUT2D eigenvalue weighted by atomic mass is 9.95. The van der Waals surface area contributed by atoms with E-state index in [1.165, 1.54) is 0 Å². The highest BCUT2D eigenvalue weighted by Gasteiger charge is 2.50. The van der Waals surface area contributed by atoms with Crippen LogP contribution in [0.1, 0.15) is 41.6 Å². The summed E-state index contributed by atoms with van der Waals surface area (Å²) in [6.07, 6.45) is 2.32. The van der Waals surface area contributed by atoms with Crippen LogP contribution in [0.15, 0.2) is 18.2 Å². The summed E-state index contributed by atoms with van der Waals surface area (Å²) in [5.41, 5.74) is 2.07. The van der Waals surface area contributed by atoms with Crippen molar-refractivity contribution in [3.63, 3.8) is 0 Å². The number of fused-ring (bicyclic) bond motifs is 1. The molecule has 0 spiro atoms. The van der Waals surface area contributed by atoms with Crippen molar-refractivity contribution in [2.75, 3.05) is 31.6 Å². The molecule has 3 heterocycles. The number of amides is 3. The van der Waals surface area contributed by atoms with Gasteiger partial charge in [-0.15, -0.1) is 0 Å². The van der Waals surface area contributed by atoms with Gasteiger partial charge in [-0.1, -0.05) is 6.07 Å². The highest BCUT2D eigenvalue weighted by molar-refractivity contribution is 6.02. The first kappa shape index (κ1) is 19.0. The molecule has 150 valence electrons. The van der Waals surface area contributed by atoms with E-state index in [9.17, 15) is 19.6 Å². The molecule has 4 rings (SSSR count). The lowest BCUT2D eigenvalue weighted by Crippen LogP contribution is -2.60. The molecule has 0 aromatic heterocycles. The summed E-state index contributed by atoms with van der Waals surface area (Å²) >= 11 is 0. The van der Waals surface area contributed by atoms with Crippen molar-refractivity contribution in [3.05, 3.63) is 34.5 Å². The summed E-state index contributed by atoms with van der Waals surface area (Å²) in [5, 5.41) is 19.0. The molecular weight excluding hydrogens is 360 g/mol. The molecule has 2 atom stereocenters. The third kappa shape index (κ3) is 3.11. The number of quaternary nitrogens is 1. The highest BCUT2D eigenvalue weighted by atomic mass is 16.6. The number of rotatable bonds is 4. The molecule has 1 aromatic carbocycles. The zero-order valence-corrected chi connectivity index (χ0v) is 16.1. The summed E-state index contributed by atoms with van der Waals surface area (Å²) < 4.78 is -1.22. The van der Waals surface area contributed by atoms with Crippen molar-refractivity contribution in [2.24, 2.45) is 5.92 Å². The van der Waals surface area contributed by atoms with Crippen LogP contribution in [0.5, 0.6) is 0 Å². The molecule has 3 aliphatic heterocycles. The second kappa shape index (κ2) is 7.27. The number of hydrogen-bond acceptors (Lipinski definition) is 6. The van der Waals surface area contributed by atoms with Crippen molar-refractivity contribution in [1.82, 2.24) is 10.6 Å². The fraction of sp³-hybridized carbons (Fsp3) is 0.550. The van der Waals surface area contributed by atoms with Crippen LogP contribution in [0.25, 0.3) is 0 Å². The molecule has 3 aliphatic rings. The Morgan fingerprint density at radius 2 is 1.96 bits per heavy atom. The minimum atomic E-state index is -1.22. The van der Waals surface area contributed by atoms with Gasteiger partial charge in [0.15, 0.2) is 6.04 Å². The summed E-state index contributed by atoms with van der Waals surface area (Å²) in [7, 11) is 1.96. The van der Waals surface area contributed by atoms with Crippen molar-refractivity contribution in [2.45, 2.75) is 38.3 Å². The molecule has 2 N–H and O–H groups in total. The van der Waals surface area contributed by atoms with E-state index in [-0.39, 0.29) is 25.3 Å². The van der Waals surface area contributed by atoms with Crippen molar-refractivity contribution in [1.29, 1.82) is 0 Å². The summed E-state index contributed by atoms with van der Waals surface area (Å²) in [6, 6.07) is 4.39. The molecule has 8 heteroatoms. The number of benzene rings is 1. The first-order valence-corrected chi connectivity index (χ1v) is 9.93. The lowest BCUT2D eigenvalue weighted by molar-refractivity contribution is -0.825. The first-order valence-electron chi connectivity index (χ1n) is 9.93. The molecule has 2 unspecified atom stereocenters. The molecule has 3 amide bonds. The fourth-order valence-corrected chi connectivity index (χ4v) is 4.75. The van der Waals surface area contributed by atoms with Gasteiger partial charge in [0.2, 0.25) is 5.91 Å². The Kier molecular flexibility index (Phi) is 4.95. The zero-order chi connectivity index (χ0) is 19.9. The second-order valence-electron chi connectivity index (χ2n) is 8.02. The molecule has 28 heavy (non-hydrogen) atoms. The smallest absolute Gasteiger partial charge is 0.347 e. The van der Waals surface area contributed by atoms with Crippen molar-refractivity contribution >= 4 is 23.4 Å². The number of anilines is 1. The Labute approximate surface area is 164 Å². The quantitative estimate of drug-likeness (QED) is 0.453. The number of nitrogens with zero attached hydrogens (tertiary/aromatic N) is 2. The highest BCUT2D eigenvalue weighted by Crippen LogP contribution is 2.39. The summed E-state index contributed by atoms with van der Waals surface area (Å²) in [4.78, 5) is 38.9. The number of hydrogen-bond donors (Lipinski definition) is 2. The summed E-state index contributed by atoms with van der Waals surface area (Å²) in [6.45, 7) is 2.71. The molecule has 0 radical (unpaired) electrons. The van der Waals surface area contributed by atoms with Gasteiger partial charge in [0, 0.05) is 37.2 Å². The van der Waals surface area contributed by atoms with Gasteiger partial charge >= 0.3 is 5.91 Å². The van der Waals surface area contributed by atoms with Crippen LogP contribution < -0.4 is 15.5 Å². The van der Waals surface area contributed by atoms with E-state index in [2.05, 4.69) is 15.5 Å². The molecule has 2 fully saturated rings. The number of carbonyl (C=O) groups is 3. The van der Waals surface area contributed by atoms with Crippen LogP contribution in [0.3, 0.4) is 0 Å². The number of carbonyl (C=O) groups excluding carboxylic acids is 3. The van der Waals surface area contributed by atoms with E-state index in [1.807, 2.05) is 19.2 Å². The van der Waals surface area contributed by atoms with E-state index in [1.54, 1.807) is 6.07 Å². The normalized spacial score (nSPS) is 28.4. The topological polar surface area (TPSA) is 102 Å². The molecule has 1 aromatic rings. The van der Waals surface area contributed by atoms with Crippen LogP contribution in [-0.2, 0) is 16.1 Å². The van der Waals surface area contributed by atoms with E-state index >= 15 is 0 Å². The Morgan fingerprint density at radius 3 is 2.64 bits per heavy atom. The molecule has 2 saturated heterocycles. The number of nitrogens with one attached hydrogen (secondary N) is 2. The number of hydroxylamine groups is 3. The van der Waals surface area contributed by atoms with E-state index in [0.29, 0.717) is 11.5 Å². The maximum absolute atomic E-state index is 13.5. The molecule has 0 aliphatic carbocycles. The Hall–Kier alpha value is -2.29. The minimum Gasteiger partial charge on any atom is -0.624 e. The Morgan fingerprint density at radius 1 is 1.21 bits per heavy atom. The zero-order valence-electron chi connectivity index (χ0n) is 16.1. The van der Waals surface area contributed by atoms with Gasteiger partial charge < -0.3 is 15.4 Å². The van der Waals surface area contributed by atoms with Crippen LogP contribution >= 0.6 is 0 Å². The third-order valence-corrected chi connectivity index (χ3v) is 6.28. The van der Waals surface area contributed by atoms with Gasteiger partial charge in [0.05, 0.1) is 5.56 Å². The first-order chi connectivity index (χ1) is 13.4. The van der Waals surface area contributed by atoms with E-state index in [4.69, 9.17) is 0 Å². The fourth-order valence-electron chi connectivity index (χ4n) is 4.75. The van der Waals surface area contributed by atoms with Crippen LogP contribution in [0.4, 0.5) is 5.69 Å². The van der Waals surface area contributed by atoms with Gasteiger partial charge in [-0.3, -0.25) is 19.6 Å². The third-order valence-electron chi connectivity index (χ3n) is 6.28. The Bertz CT molecular complexity index is 818. The summed E-state index contributed by atoms with van der Waals surface area (Å²) in [5.74, 6) is -0.960.